The minimum Gasteiger partial charge on any atom is -0.378 e. The minimum atomic E-state index is -0.836. The van der Waals surface area contributed by atoms with Crippen LogP contribution in [0.4, 0.5) is 33.9 Å². The first-order valence-electron chi connectivity index (χ1n) is 12.3. The highest BCUT2D eigenvalue weighted by atomic mass is 19.1. The Balaban J connectivity index is 0.000000259. The van der Waals surface area contributed by atoms with Gasteiger partial charge in [0.1, 0.15) is 6.17 Å². The summed E-state index contributed by atoms with van der Waals surface area (Å²) in [6, 6.07) is 2.00. The average Bonchev–Trinajstić information content (AvgIpc) is 3.56. The van der Waals surface area contributed by atoms with Crippen molar-refractivity contribution in [3.63, 3.8) is 0 Å². The van der Waals surface area contributed by atoms with Crippen LogP contribution in [0, 0.1) is 12.8 Å². The molecule has 6 rings (SSSR count). The number of alkyl halides is 1. The fraction of sp³-hybridized carbons (Fsp3) is 0.458. The van der Waals surface area contributed by atoms with E-state index in [-0.39, 0.29) is 0 Å². The van der Waals surface area contributed by atoms with Gasteiger partial charge in [0.2, 0.25) is 24.3 Å². The maximum atomic E-state index is 13.7. The molecule has 3 fully saturated rings. The Morgan fingerprint density at radius 2 is 1.79 bits per heavy atom. The zero-order valence-electron chi connectivity index (χ0n) is 20.8. The van der Waals surface area contributed by atoms with Crippen LogP contribution in [0.1, 0.15) is 30.9 Å². The molecule has 3 N–H and O–H groups in total. The molecule has 2 saturated heterocycles. The highest BCUT2D eigenvalue weighted by Gasteiger charge is 2.27. The van der Waals surface area contributed by atoms with Gasteiger partial charge in [-0.15, -0.1) is 12.8 Å². The first-order valence-corrected chi connectivity index (χ1v) is 12.3. The van der Waals surface area contributed by atoms with E-state index in [4.69, 9.17) is 4.74 Å². The van der Waals surface area contributed by atoms with Gasteiger partial charge >= 0.3 is 0 Å². The largest absolute Gasteiger partial charge is 0.378 e. The fourth-order valence-electron chi connectivity index (χ4n) is 3.91. The summed E-state index contributed by atoms with van der Waals surface area (Å²) in [7, 11) is 0. The Bertz CT molecular complexity index is 1160. The van der Waals surface area contributed by atoms with Crippen molar-refractivity contribution < 1.29 is 13.9 Å². The van der Waals surface area contributed by atoms with Gasteiger partial charge in [-0.2, -0.15) is 20.1 Å². The third kappa shape index (κ3) is 7.32. The number of hydrogen-bond acceptors (Lipinski definition) is 11. The summed E-state index contributed by atoms with van der Waals surface area (Å²) in [5, 5.41) is 12.9. The van der Waals surface area contributed by atoms with E-state index in [2.05, 4.69) is 63.5 Å². The van der Waals surface area contributed by atoms with Crippen LogP contribution in [0.5, 0.6) is 0 Å². The van der Waals surface area contributed by atoms with Gasteiger partial charge in [0, 0.05) is 49.7 Å². The van der Waals surface area contributed by atoms with Crippen molar-refractivity contribution in [2.75, 3.05) is 59.8 Å². The molecule has 1 saturated carbocycles. The molecule has 5 heterocycles. The third-order valence-electron chi connectivity index (χ3n) is 5.94. The molecular formula is C24H30FN11O2. The molecule has 0 spiro atoms. The number of rotatable bonds is 7. The summed E-state index contributed by atoms with van der Waals surface area (Å²) in [6.07, 6.45) is 15.2. The van der Waals surface area contributed by atoms with Crippen LogP contribution in [-0.4, -0.2) is 87.1 Å². The number of amides is 1. The Labute approximate surface area is 219 Å². The van der Waals surface area contributed by atoms with E-state index >= 15 is 0 Å². The summed E-state index contributed by atoms with van der Waals surface area (Å²) < 4.78 is 19.1. The van der Waals surface area contributed by atoms with Gasteiger partial charge in [0.25, 0.3) is 0 Å². The molecule has 0 bridgehead atoms. The van der Waals surface area contributed by atoms with Crippen LogP contribution in [0.15, 0.2) is 24.7 Å². The molecule has 1 atom stereocenters. The van der Waals surface area contributed by atoms with Gasteiger partial charge < -0.3 is 25.2 Å². The van der Waals surface area contributed by atoms with Gasteiger partial charge in [0.05, 0.1) is 26.0 Å². The lowest BCUT2D eigenvalue weighted by Gasteiger charge is -2.27. The topological polar surface area (TPSA) is 150 Å². The number of morpholine rings is 1. The van der Waals surface area contributed by atoms with Crippen molar-refractivity contribution in [3.05, 3.63) is 30.4 Å². The number of hydrogen-bond donors (Lipinski definition) is 3. The number of terminal acetylenes is 1. The normalized spacial score (nSPS) is 18.4. The highest BCUT2D eigenvalue weighted by molar-refractivity contribution is 5.67. The first kappa shape index (κ1) is 26.7. The van der Waals surface area contributed by atoms with Crippen LogP contribution in [0.25, 0.3) is 0 Å². The second-order valence-corrected chi connectivity index (χ2v) is 8.65. The van der Waals surface area contributed by atoms with Crippen LogP contribution < -0.4 is 20.4 Å². The zero-order valence-corrected chi connectivity index (χ0v) is 20.8. The van der Waals surface area contributed by atoms with E-state index in [1.807, 2.05) is 11.0 Å². The standard InChI is InChI=1S/C17H23FN8O.C5H5N3O.C2H2/c18-12-3-4-26(10-12)17-21-15(19-14-9-13(23-24-14)11-1-2-11)20-16(22-17)25-5-7-27-8-6-25;9-4-8-5-3-6-1-2-7-5;1-2/h9,11-12H,1-8,10H2,(H2,19,20,21,22,23,24);1-4H,(H,7,8,9);1-2H/t12-;;/m1../s1. The predicted molar refractivity (Wildman–Crippen MR) is 140 cm³/mol. The average molecular weight is 524 g/mol. The van der Waals surface area contributed by atoms with Crippen LogP contribution in [-0.2, 0) is 9.53 Å². The summed E-state index contributed by atoms with van der Waals surface area (Å²) in [5.74, 6) is 3.27. The van der Waals surface area contributed by atoms with Crippen molar-refractivity contribution >= 4 is 35.9 Å². The molecule has 3 aromatic heterocycles. The Morgan fingerprint density at radius 3 is 2.42 bits per heavy atom. The van der Waals surface area contributed by atoms with Crippen molar-refractivity contribution in [1.29, 1.82) is 0 Å². The van der Waals surface area contributed by atoms with Crippen molar-refractivity contribution in [1.82, 2.24) is 35.1 Å². The van der Waals surface area contributed by atoms with Gasteiger partial charge in [-0.1, -0.05) is 0 Å². The van der Waals surface area contributed by atoms with E-state index in [0.29, 0.717) is 74.5 Å². The molecule has 1 aliphatic carbocycles. The second kappa shape index (κ2) is 13.2. The summed E-state index contributed by atoms with van der Waals surface area (Å²) >= 11 is 0. The van der Waals surface area contributed by atoms with Gasteiger partial charge in [0.15, 0.2) is 11.6 Å². The number of aromatic amines is 1. The zero-order chi connectivity index (χ0) is 26.7. The lowest BCUT2D eigenvalue weighted by molar-refractivity contribution is -0.105. The van der Waals surface area contributed by atoms with Gasteiger partial charge in [-0.25, -0.2) is 9.37 Å². The van der Waals surface area contributed by atoms with Crippen molar-refractivity contribution in [3.8, 4) is 12.8 Å². The molecule has 0 radical (unpaired) electrons. The number of carbonyl (C=O) groups excluding carboxylic acids is 1. The number of anilines is 5. The number of H-pyrrole nitrogens is 1. The summed E-state index contributed by atoms with van der Waals surface area (Å²) in [6.45, 7) is 3.67. The Kier molecular flexibility index (Phi) is 9.30. The summed E-state index contributed by atoms with van der Waals surface area (Å²) in [4.78, 5) is 34.9. The lowest BCUT2D eigenvalue weighted by atomic mass is 10.3. The second-order valence-electron chi connectivity index (χ2n) is 8.65. The molecule has 1 amide bonds. The predicted octanol–water partition coefficient (Wildman–Crippen LogP) is 1.89. The quantitative estimate of drug-likeness (QED) is 0.308. The van der Waals surface area contributed by atoms with E-state index in [0.717, 1.165) is 18.8 Å². The molecule has 0 aromatic carbocycles. The van der Waals surface area contributed by atoms with E-state index in [9.17, 15) is 9.18 Å². The molecule has 2 aliphatic heterocycles. The number of aromatic nitrogens is 7. The van der Waals surface area contributed by atoms with Crippen molar-refractivity contribution in [2.45, 2.75) is 31.4 Å². The van der Waals surface area contributed by atoms with Crippen LogP contribution in [0.2, 0.25) is 0 Å². The number of nitrogens with one attached hydrogen (secondary N) is 3. The van der Waals surface area contributed by atoms with Crippen LogP contribution in [0.3, 0.4) is 0 Å². The van der Waals surface area contributed by atoms with Crippen molar-refractivity contribution in [2.24, 2.45) is 0 Å². The smallest absolute Gasteiger partial charge is 0.235 e. The molecule has 38 heavy (non-hydrogen) atoms. The number of halogens is 1. The van der Waals surface area contributed by atoms with E-state index in [1.165, 1.54) is 31.4 Å². The molecular weight excluding hydrogens is 493 g/mol. The van der Waals surface area contributed by atoms with Gasteiger partial charge in [-0.05, 0) is 19.3 Å². The highest BCUT2D eigenvalue weighted by Crippen LogP contribution is 2.39. The van der Waals surface area contributed by atoms with E-state index in [1.54, 1.807) is 0 Å². The number of carbonyl (C=O) groups is 1. The number of ether oxygens (including phenoxy) is 1. The maximum Gasteiger partial charge on any atom is 0.235 e. The Morgan fingerprint density at radius 1 is 1.03 bits per heavy atom. The lowest BCUT2D eigenvalue weighted by Crippen LogP contribution is -2.38. The fourth-order valence-corrected chi connectivity index (χ4v) is 3.91. The SMILES string of the molecule is C#C.F[C@@H]1CCN(c2nc(Nc3cc(C4CC4)[nH]n3)nc(N3CCOCC3)n2)C1.O=CNc1cnccn1. The molecule has 200 valence electrons. The molecule has 3 aromatic rings. The minimum absolute atomic E-state index is 0.320. The molecule has 14 heteroatoms. The monoisotopic (exact) mass is 523 g/mol. The van der Waals surface area contributed by atoms with Gasteiger partial charge in [-0.3, -0.25) is 14.9 Å². The Hall–Kier alpha value is -4.38. The van der Waals surface area contributed by atoms with Crippen LogP contribution >= 0.6 is 0 Å². The molecule has 13 nitrogen and oxygen atoms in total. The number of nitrogens with zero attached hydrogens (tertiary/aromatic N) is 8. The summed E-state index contributed by atoms with van der Waals surface area (Å²) in [5.41, 5.74) is 1.14. The third-order valence-corrected chi connectivity index (χ3v) is 5.94. The van der Waals surface area contributed by atoms with E-state index < -0.39 is 6.17 Å². The molecule has 0 unspecified atom stereocenters. The maximum absolute atomic E-state index is 13.7. The first-order chi connectivity index (χ1) is 18.7. The molecule has 3 aliphatic rings.